The molecule has 1 aliphatic rings. The van der Waals surface area contributed by atoms with E-state index in [1.54, 1.807) is 6.07 Å². The van der Waals surface area contributed by atoms with Crippen LogP contribution in [0.3, 0.4) is 0 Å². The second-order valence-corrected chi connectivity index (χ2v) is 7.94. The molecule has 0 saturated carbocycles. The Morgan fingerprint density at radius 2 is 1.70 bits per heavy atom. The molecule has 0 amide bonds. The van der Waals surface area contributed by atoms with Crippen molar-refractivity contribution < 1.29 is 17.9 Å². The van der Waals surface area contributed by atoms with Gasteiger partial charge in [-0.05, 0) is 57.5 Å². The number of aromatic nitrogens is 3. The first-order valence-electron chi connectivity index (χ1n) is 9.98. The molecular formula is C23H24F3N3O. The summed E-state index contributed by atoms with van der Waals surface area (Å²) < 4.78 is 47.6. The first-order chi connectivity index (χ1) is 14.1. The molecule has 0 fully saturated rings. The number of benzene rings is 1. The fraction of sp³-hybridized carbons (Fsp3) is 0.391. The molecule has 3 heterocycles. The van der Waals surface area contributed by atoms with E-state index in [2.05, 4.69) is 9.55 Å². The molecule has 7 heteroatoms. The molecule has 1 atom stereocenters. The highest BCUT2D eigenvalue weighted by Gasteiger charge is 2.32. The molecular weight excluding hydrogens is 391 g/mol. The first-order valence-corrected chi connectivity index (χ1v) is 9.98. The van der Waals surface area contributed by atoms with E-state index in [-0.39, 0.29) is 11.7 Å². The fourth-order valence-corrected chi connectivity index (χ4v) is 4.15. The summed E-state index contributed by atoms with van der Waals surface area (Å²) in [7, 11) is 0. The van der Waals surface area contributed by atoms with E-state index in [1.807, 2.05) is 32.9 Å². The van der Waals surface area contributed by atoms with Crippen molar-refractivity contribution in [1.29, 1.82) is 0 Å². The Morgan fingerprint density at radius 1 is 1.00 bits per heavy atom. The summed E-state index contributed by atoms with van der Waals surface area (Å²) in [6.07, 6.45) is -3.69. The van der Waals surface area contributed by atoms with Crippen molar-refractivity contribution in [3.05, 3.63) is 58.5 Å². The van der Waals surface area contributed by atoms with Gasteiger partial charge in [-0.25, -0.2) is 4.98 Å². The van der Waals surface area contributed by atoms with E-state index in [0.717, 1.165) is 34.4 Å². The first kappa shape index (κ1) is 20.6. The van der Waals surface area contributed by atoms with Gasteiger partial charge in [0.15, 0.2) is 0 Å². The standard InChI is InChI=1S/C23H24F3N3O/c1-13-9-17(5-6-19(13)23(24,25)26)22-28-21(18-10-14(2)27-15(3)11-18)20-7-8-30-16(4)12-29(20)22/h5-6,9-11,16H,7-8,12H2,1-4H3/t16-/m1/s1. The smallest absolute Gasteiger partial charge is 0.376 e. The van der Waals surface area contributed by atoms with E-state index < -0.39 is 11.7 Å². The Morgan fingerprint density at radius 3 is 2.33 bits per heavy atom. The zero-order valence-corrected chi connectivity index (χ0v) is 17.5. The van der Waals surface area contributed by atoms with Gasteiger partial charge in [-0.2, -0.15) is 13.2 Å². The zero-order valence-electron chi connectivity index (χ0n) is 17.5. The summed E-state index contributed by atoms with van der Waals surface area (Å²) >= 11 is 0. The highest BCUT2D eigenvalue weighted by atomic mass is 19.4. The van der Waals surface area contributed by atoms with E-state index >= 15 is 0 Å². The highest BCUT2D eigenvalue weighted by molar-refractivity contribution is 5.69. The van der Waals surface area contributed by atoms with Crippen LogP contribution in [0, 0.1) is 20.8 Å². The molecule has 0 saturated heterocycles. The van der Waals surface area contributed by atoms with Crippen LogP contribution in [0.1, 0.15) is 35.1 Å². The Labute approximate surface area is 173 Å². The van der Waals surface area contributed by atoms with Crippen molar-refractivity contribution in [2.45, 2.75) is 52.9 Å². The number of pyridine rings is 1. The predicted octanol–water partition coefficient (Wildman–Crippen LogP) is 5.52. The maximum absolute atomic E-state index is 13.2. The number of hydrogen-bond donors (Lipinski definition) is 0. The number of imidazole rings is 1. The van der Waals surface area contributed by atoms with Crippen LogP contribution in [-0.2, 0) is 23.9 Å². The van der Waals surface area contributed by atoms with E-state index in [9.17, 15) is 13.2 Å². The normalized spacial score (nSPS) is 17.0. The van der Waals surface area contributed by atoms with Gasteiger partial charge in [-0.3, -0.25) is 4.98 Å². The van der Waals surface area contributed by atoms with Gasteiger partial charge in [0.1, 0.15) is 5.82 Å². The zero-order chi connectivity index (χ0) is 21.6. The molecule has 0 radical (unpaired) electrons. The molecule has 3 aromatic rings. The lowest BCUT2D eigenvalue weighted by Crippen LogP contribution is -2.15. The molecule has 0 spiro atoms. The molecule has 158 valence electrons. The molecule has 1 aliphatic heterocycles. The number of hydrogen-bond acceptors (Lipinski definition) is 3. The molecule has 0 N–H and O–H groups in total. The van der Waals surface area contributed by atoms with Gasteiger partial charge in [0.25, 0.3) is 0 Å². The maximum atomic E-state index is 13.2. The molecule has 0 aliphatic carbocycles. The quantitative estimate of drug-likeness (QED) is 0.554. The number of nitrogens with zero attached hydrogens (tertiary/aromatic N) is 3. The summed E-state index contributed by atoms with van der Waals surface area (Å²) in [6, 6.07) is 8.21. The minimum absolute atomic E-state index is 0.0106. The summed E-state index contributed by atoms with van der Waals surface area (Å²) in [5, 5.41) is 0. The van der Waals surface area contributed by atoms with Crippen LogP contribution in [0.5, 0.6) is 0 Å². The van der Waals surface area contributed by atoms with Gasteiger partial charge in [0.05, 0.1) is 30.5 Å². The predicted molar refractivity (Wildman–Crippen MR) is 109 cm³/mol. The SMILES string of the molecule is Cc1cc(-c2nc(-c3ccc(C(F)(F)F)c(C)c3)n3c2CCO[C@H](C)C3)cc(C)n1. The molecule has 1 aromatic carbocycles. The molecule has 4 rings (SSSR count). The lowest BCUT2D eigenvalue weighted by Gasteiger charge is -2.15. The lowest BCUT2D eigenvalue weighted by molar-refractivity contribution is -0.138. The minimum Gasteiger partial charge on any atom is -0.376 e. The van der Waals surface area contributed by atoms with Crippen LogP contribution in [0.4, 0.5) is 13.2 Å². The van der Waals surface area contributed by atoms with Crippen molar-refractivity contribution in [1.82, 2.24) is 14.5 Å². The van der Waals surface area contributed by atoms with Gasteiger partial charge < -0.3 is 9.30 Å². The van der Waals surface area contributed by atoms with Crippen LogP contribution >= 0.6 is 0 Å². The number of halogens is 3. The topological polar surface area (TPSA) is 39.9 Å². The van der Waals surface area contributed by atoms with Crippen molar-refractivity contribution in [2.75, 3.05) is 6.61 Å². The number of aryl methyl sites for hydroxylation is 3. The molecule has 0 bridgehead atoms. The third-order valence-corrected chi connectivity index (χ3v) is 5.40. The van der Waals surface area contributed by atoms with Crippen LogP contribution in [0.25, 0.3) is 22.6 Å². The number of ether oxygens (including phenoxy) is 1. The Kier molecular flexibility index (Phi) is 5.18. The largest absolute Gasteiger partial charge is 0.416 e. The van der Waals surface area contributed by atoms with E-state index in [1.165, 1.54) is 13.0 Å². The average molecular weight is 415 g/mol. The third-order valence-electron chi connectivity index (χ3n) is 5.40. The molecule has 4 nitrogen and oxygen atoms in total. The lowest BCUT2D eigenvalue weighted by atomic mass is 10.0. The monoisotopic (exact) mass is 415 g/mol. The minimum atomic E-state index is -4.37. The van der Waals surface area contributed by atoms with Crippen LogP contribution in [0.2, 0.25) is 0 Å². The third kappa shape index (κ3) is 3.86. The molecule has 0 unspecified atom stereocenters. The highest BCUT2D eigenvalue weighted by Crippen LogP contribution is 2.36. The summed E-state index contributed by atoms with van der Waals surface area (Å²) in [6.45, 7) is 8.54. The van der Waals surface area contributed by atoms with Crippen molar-refractivity contribution in [3.63, 3.8) is 0 Å². The van der Waals surface area contributed by atoms with Crippen LogP contribution in [-0.4, -0.2) is 27.2 Å². The Bertz CT molecular complexity index is 1080. The van der Waals surface area contributed by atoms with Gasteiger partial charge >= 0.3 is 6.18 Å². The second-order valence-electron chi connectivity index (χ2n) is 7.94. The van der Waals surface area contributed by atoms with Crippen molar-refractivity contribution in [3.8, 4) is 22.6 Å². The van der Waals surface area contributed by atoms with Gasteiger partial charge in [0, 0.05) is 34.6 Å². The Hall–Kier alpha value is -2.67. The average Bonchev–Trinajstić information content (AvgIpc) is 2.86. The van der Waals surface area contributed by atoms with E-state index in [0.29, 0.717) is 31.0 Å². The van der Waals surface area contributed by atoms with Crippen LogP contribution < -0.4 is 0 Å². The van der Waals surface area contributed by atoms with Crippen LogP contribution in [0.15, 0.2) is 30.3 Å². The maximum Gasteiger partial charge on any atom is 0.416 e. The summed E-state index contributed by atoms with van der Waals surface area (Å²) in [5.41, 5.74) is 4.89. The number of rotatable bonds is 2. The number of fused-ring (bicyclic) bond motifs is 1. The van der Waals surface area contributed by atoms with E-state index in [4.69, 9.17) is 9.72 Å². The number of alkyl halides is 3. The van der Waals surface area contributed by atoms with Crippen molar-refractivity contribution >= 4 is 0 Å². The fourth-order valence-electron chi connectivity index (χ4n) is 4.15. The summed E-state index contributed by atoms with van der Waals surface area (Å²) in [4.78, 5) is 9.37. The second kappa shape index (κ2) is 7.54. The van der Waals surface area contributed by atoms with Gasteiger partial charge in [-0.1, -0.05) is 6.07 Å². The molecule has 2 aromatic heterocycles. The molecule has 30 heavy (non-hydrogen) atoms. The van der Waals surface area contributed by atoms with Gasteiger partial charge in [-0.15, -0.1) is 0 Å². The van der Waals surface area contributed by atoms with Crippen molar-refractivity contribution in [2.24, 2.45) is 0 Å². The Balaban J connectivity index is 1.90. The van der Waals surface area contributed by atoms with Gasteiger partial charge in [0.2, 0.25) is 0 Å². The summed E-state index contributed by atoms with van der Waals surface area (Å²) in [5.74, 6) is 0.668.